The van der Waals surface area contributed by atoms with E-state index in [1.54, 1.807) is 6.66 Å². The Morgan fingerprint density at radius 3 is 1.24 bits per heavy atom. The SMILES string of the molecule is C[C@H](OP(C)(=O)O[C@@H](C)C(C)(C)C)C(C)(C)C. The van der Waals surface area contributed by atoms with Gasteiger partial charge in [-0.3, -0.25) is 4.57 Å². The van der Waals surface area contributed by atoms with Gasteiger partial charge in [0.15, 0.2) is 0 Å². The van der Waals surface area contributed by atoms with Gasteiger partial charge in [0.25, 0.3) is 0 Å². The molecule has 4 heteroatoms. The van der Waals surface area contributed by atoms with Gasteiger partial charge in [-0.15, -0.1) is 0 Å². The van der Waals surface area contributed by atoms with Crippen molar-refractivity contribution in [2.45, 2.75) is 67.6 Å². The van der Waals surface area contributed by atoms with E-state index in [0.717, 1.165) is 0 Å². The second-order valence-corrected chi connectivity index (χ2v) is 8.96. The van der Waals surface area contributed by atoms with Crippen LogP contribution in [0.4, 0.5) is 0 Å². The molecule has 0 N–H and O–H groups in total. The first kappa shape index (κ1) is 17.2. The van der Waals surface area contributed by atoms with E-state index in [-0.39, 0.29) is 23.0 Å². The molecule has 2 atom stereocenters. The zero-order valence-corrected chi connectivity index (χ0v) is 13.7. The van der Waals surface area contributed by atoms with Crippen LogP contribution in [0.3, 0.4) is 0 Å². The van der Waals surface area contributed by atoms with E-state index in [9.17, 15) is 4.57 Å². The summed E-state index contributed by atoms with van der Waals surface area (Å²) < 4.78 is 23.5. The fourth-order valence-electron chi connectivity index (χ4n) is 0.915. The van der Waals surface area contributed by atoms with Crippen LogP contribution in [-0.2, 0) is 13.6 Å². The van der Waals surface area contributed by atoms with E-state index in [4.69, 9.17) is 9.05 Å². The monoisotopic (exact) mass is 264 g/mol. The molecule has 3 nitrogen and oxygen atoms in total. The molecule has 0 rings (SSSR count). The maximum absolute atomic E-state index is 12.3. The van der Waals surface area contributed by atoms with Crippen molar-refractivity contribution in [3.05, 3.63) is 0 Å². The molecule has 0 bridgehead atoms. The maximum atomic E-state index is 12.3. The van der Waals surface area contributed by atoms with Crippen molar-refractivity contribution in [2.24, 2.45) is 10.8 Å². The molecule has 0 aliphatic carbocycles. The summed E-state index contributed by atoms with van der Waals surface area (Å²) >= 11 is 0. The third-order valence-electron chi connectivity index (χ3n) is 3.14. The van der Waals surface area contributed by atoms with Gasteiger partial charge in [0.1, 0.15) is 0 Å². The van der Waals surface area contributed by atoms with E-state index in [2.05, 4.69) is 41.5 Å². The van der Waals surface area contributed by atoms with Gasteiger partial charge in [-0.25, -0.2) is 0 Å². The summed E-state index contributed by atoms with van der Waals surface area (Å²) in [5, 5.41) is 0. The lowest BCUT2D eigenvalue weighted by Gasteiger charge is -2.33. The molecular formula is C13H29O3P. The number of hydrogen-bond donors (Lipinski definition) is 0. The normalized spacial score (nSPS) is 17.9. The van der Waals surface area contributed by atoms with E-state index >= 15 is 0 Å². The molecule has 0 aliphatic heterocycles. The molecule has 0 saturated heterocycles. The summed E-state index contributed by atoms with van der Waals surface area (Å²) in [6.07, 6.45) is -0.212. The first-order valence-corrected chi connectivity index (χ1v) is 8.19. The Bertz CT molecular complexity index is 260. The van der Waals surface area contributed by atoms with Crippen LogP contribution in [0.25, 0.3) is 0 Å². The topological polar surface area (TPSA) is 35.5 Å². The van der Waals surface area contributed by atoms with E-state index in [0.29, 0.717) is 0 Å². The summed E-state index contributed by atoms with van der Waals surface area (Å²) in [6.45, 7) is 17.8. The summed E-state index contributed by atoms with van der Waals surface area (Å²) in [5.41, 5.74) is -0.0833. The van der Waals surface area contributed by atoms with Crippen LogP contribution in [0.2, 0.25) is 0 Å². The molecule has 0 radical (unpaired) electrons. The largest absolute Gasteiger partial charge is 0.328 e. The van der Waals surface area contributed by atoms with Crippen molar-refractivity contribution < 1.29 is 13.6 Å². The van der Waals surface area contributed by atoms with Gasteiger partial charge in [0, 0.05) is 6.66 Å². The zero-order valence-electron chi connectivity index (χ0n) is 12.8. The van der Waals surface area contributed by atoms with Crippen LogP contribution in [0, 0.1) is 10.8 Å². The Balaban J connectivity index is 4.56. The lowest BCUT2D eigenvalue weighted by molar-refractivity contribution is 0.0408. The molecule has 0 amide bonds. The first-order chi connectivity index (χ1) is 7.26. The zero-order chi connectivity index (χ0) is 14.1. The predicted octanol–water partition coefficient (Wildman–Crippen LogP) is 4.71. The van der Waals surface area contributed by atoms with E-state index in [1.807, 2.05) is 13.8 Å². The van der Waals surface area contributed by atoms with Gasteiger partial charge in [0.05, 0.1) is 12.2 Å². The molecule has 0 saturated carbocycles. The van der Waals surface area contributed by atoms with Crippen LogP contribution >= 0.6 is 7.60 Å². The van der Waals surface area contributed by atoms with Gasteiger partial charge < -0.3 is 9.05 Å². The average molecular weight is 264 g/mol. The van der Waals surface area contributed by atoms with E-state index < -0.39 is 7.60 Å². The van der Waals surface area contributed by atoms with Crippen LogP contribution < -0.4 is 0 Å². The summed E-state index contributed by atoms with van der Waals surface area (Å²) in [4.78, 5) is 0. The van der Waals surface area contributed by atoms with Gasteiger partial charge in [-0.2, -0.15) is 0 Å². The standard InChI is InChI=1S/C13H29O3P/c1-10(12(3,4)5)15-17(9,14)16-11(2)13(6,7)8/h10-11H,1-9H3/t10-,11-/m0/s1. The highest BCUT2D eigenvalue weighted by molar-refractivity contribution is 7.53. The van der Waals surface area contributed by atoms with Crippen molar-refractivity contribution in [1.29, 1.82) is 0 Å². The predicted molar refractivity (Wildman–Crippen MR) is 73.5 cm³/mol. The Hall–Kier alpha value is 0.150. The molecule has 17 heavy (non-hydrogen) atoms. The smallest absolute Gasteiger partial charge is 0.305 e. The van der Waals surface area contributed by atoms with Crippen LogP contribution in [0.15, 0.2) is 0 Å². The van der Waals surface area contributed by atoms with Crippen LogP contribution in [-0.4, -0.2) is 18.9 Å². The molecule has 0 unspecified atom stereocenters. The highest BCUT2D eigenvalue weighted by Gasteiger charge is 2.32. The highest BCUT2D eigenvalue weighted by atomic mass is 31.2. The lowest BCUT2D eigenvalue weighted by atomic mass is 9.91. The van der Waals surface area contributed by atoms with Crippen molar-refractivity contribution in [1.82, 2.24) is 0 Å². The van der Waals surface area contributed by atoms with Crippen molar-refractivity contribution in [2.75, 3.05) is 6.66 Å². The lowest BCUT2D eigenvalue weighted by Crippen LogP contribution is -2.28. The first-order valence-electron chi connectivity index (χ1n) is 6.20. The van der Waals surface area contributed by atoms with Crippen molar-refractivity contribution in [3.63, 3.8) is 0 Å². The number of hydrogen-bond acceptors (Lipinski definition) is 3. The summed E-state index contributed by atoms with van der Waals surface area (Å²) in [6, 6.07) is 0. The third kappa shape index (κ3) is 6.59. The van der Waals surface area contributed by atoms with Gasteiger partial charge >= 0.3 is 7.60 Å². The van der Waals surface area contributed by atoms with Crippen LogP contribution in [0.5, 0.6) is 0 Å². The van der Waals surface area contributed by atoms with E-state index in [1.165, 1.54) is 0 Å². The molecule has 0 aromatic heterocycles. The number of rotatable bonds is 4. The molecule has 0 fully saturated rings. The van der Waals surface area contributed by atoms with Gasteiger partial charge in [-0.05, 0) is 24.7 Å². The Morgan fingerprint density at radius 2 is 1.06 bits per heavy atom. The minimum Gasteiger partial charge on any atom is -0.305 e. The second-order valence-electron chi connectivity index (χ2n) is 7.00. The Labute approximate surface area is 107 Å². The molecule has 0 aromatic carbocycles. The maximum Gasteiger partial charge on any atom is 0.328 e. The average Bonchev–Trinajstić information content (AvgIpc) is 1.97. The van der Waals surface area contributed by atoms with Gasteiger partial charge in [-0.1, -0.05) is 41.5 Å². The second kappa shape index (κ2) is 5.42. The fourth-order valence-corrected chi connectivity index (χ4v) is 2.75. The molecule has 0 aromatic rings. The molecule has 0 aliphatic rings. The molecule has 0 heterocycles. The van der Waals surface area contributed by atoms with Crippen molar-refractivity contribution >= 4 is 7.60 Å². The molecule has 0 spiro atoms. The minimum atomic E-state index is -3.00. The van der Waals surface area contributed by atoms with Crippen LogP contribution in [0.1, 0.15) is 55.4 Å². The third-order valence-corrected chi connectivity index (χ3v) is 4.54. The Morgan fingerprint density at radius 1 is 0.824 bits per heavy atom. The Kier molecular flexibility index (Phi) is 5.47. The summed E-state index contributed by atoms with van der Waals surface area (Å²) in [7, 11) is -3.00. The quantitative estimate of drug-likeness (QED) is 0.690. The highest BCUT2D eigenvalue weighted by Crippen LogP contribution is 2.50. The minimum absolute atomic E-state index is 0.0417. The molecular weight excluding hydrogens is 235 g/mol. The van der Waals surface area contributed by atoms with Crippen molar-refractivity contribution in [3.8, 4) is 0 Å². The summed E-state index contributed by atoms with van der Waals surface area (Å²) in [5.74, 6) is 0. The van der Waals surface area contributed by atoms with Gasteiger partial charge in [0.2, 0.25) is 0 Å². The molecule has 104 valence electrons. The fraction of sp³-hybridized carbons (Fsp3) is 1.00.